The fourth-order valence-electron chi connectivity index (χ4n) is 1.26. The maximum absolute atomic E-state index is 11.7. The number of amides is 1. The van der Waals surface area contributed by atoms with Gasteiger partial charge in [0.05, 0.1) is 11.4 Å². The molecule has 3 N–H and O–H groups in total. The van der Waals surface area contributed by atoms with Gasteiger partial charge in [0.2, 0.25) is 0 Å². The average molecular weight is 298 g/mol. The highest BCUT2D eigenvalue weighted by atomic mass is 32.1. The second kappa shape index (κ2) is 5.91. The summed E-state index contributed by atoms with van der Waals surface area (Å²) in [5, 5.41) is 24.1. The van der Waals surface area contributed by atoms with Crippen molar-refractivity contribution in [3.8, 4) is 9.88 Å². The SMILES string of the molecule is O=C(NCC(O)C(=O)O)c1csc(-c2cccs2)n1. The van der Waals surface area contributed by atoms with Crippen LogP contribution in [0.3, 0.4) is 0 Å². The number of hydrogen-bond acceptors (Lipinski definition) is 6. The van der Waals surface area contributed by atoms with Crippen LogP contribution in [0.25, 0.3) is 9.88 Å². The van der Waals surface area contributed by atoms with Crippen molar-refractivity contribution < 1.29 is 19.8 Å². The van der Waals surface area contributed by atoms with E-state index in [1.165, 1.54) is 22.7 Å². The quantitative estimate of drug-likeness (QED) is 0.766. The number of carbonyl (C=O) groups excluding carboxylic acids is 1. The lowest BCUT2D eigenvalue weighted by molar-refractivity contribution is -0.146. The van der Waals surface area contributed by atoms with Gasteiger partial charge in [-0.2, -0.15) is 0 Å². The highest BCUT2D eigenvalue weighted by Gasteiger charge is 2.17. The van der Waals surface area contributed by atoms with Gasteiger partial charge in [0, 0.05) is 5.38 Å². The van der Waals surface area contributed by atoms with Gasteiger partial charge < -0.3 is 15.5 Å². The van der Waals surface area contributed by atoms with Crippen molar-refractivity contribution in [2.75, 3.05) is 6.54 Å². The van der Waals surface area contributed by atoms with E-state index < -0.39 is 18.0 Å². The van der Waals surface area contributed by atoms with Gasteiger partial charge in [-0.25, -0.2) is 9.78 Å². The summed E-state index contributed by atoms with van der Waals surface area (Å²) in [6, 6.07) is 3.80. The first-order valence-corrected chi connectivity index (χ1v) is 7.02. The molecule has 2 aromatic heterocycles. The van der Waals surface area contributed by atoms with Gasteiger partial charge in [-0.1, -0.05) is 6.07 Å². The number of carbonyl (C=O) groups is 2. The van der Waals surface area contributed by atoms with Crippen molar-refractivity contribution in [1.29, 1.82) is 0 Å². The number of carboxylic acid groups (broad SMARTS) is 1. The Labute approximate surface area is 116 Å². The molecule has 1 atom stereocenters. The molecule has 6 nitrogen and oxygen atoms in total. The fourth-order valence-corrected chi connectivity index (χ4v) is 2.87. The van der Waals surface area contributed by atoms with Crippen LogP contribution in [-0.2, 0) is 4.79 Å². The lowest BCUT2D eigenvalue weighted by Gasteiger charge is -2.05. The molecule has 0 saturated heterocycles. The number of nitrogens with one attached hydrogen (secondary N) is 1. The number of carboxylic acids is 1. The minimum absolute atomic E-state index is 0.214. The van der Waals surface area contributed by atoms with Gasteiger partial charge >= 0.3 is 5.97 Å². The molecule has 0 saturated carbocycles. The van der Waals surface area contributed by atoms with E-state index >= 15 is 0 Å². The zero-order chi connectivity index (χ0) is 13.8. The van der Waals surface area contributed by atoms with Crippen LogP contribution in [0.1, 0.15) is 10.5 Å². The van der Waals surface area contributed by atoms with Gasteiger partial charge in [0.25, 0.3) is 5.91 Å². The molecule has 2 heterocycles. The maximum Gasteiger partial charge on any atom is 0.334 e. The highest BCUT2D eigenvalue weighted by Crippen LogP contribution is 2.27. The van der Waals surface area contributed by atoms with Crippen LogP contribution < -0.4 is 5.32 Å². The molecule has 1 unspecified atom stereocenters. The second-order valence-corrected chi connectivity index (χ2v) is 5.39. The van der Waals surface area contributed by atoms with Crippen LogP contribution in [0.4, 0.5) is 0 Å². The molecule has 1 amide bonds. The number of aromatic nitrogens is 1. The first-order valence-electron chi connectivity index (χ1n) is 5.26. The number of thiazole rings is 1. The topological polar surface area (TPSA) is 99.5 Å². The number of hydrogen-bond donors (Lipinski definition) is 3. The minimum atomic E-state index is -1.61. The summed E-state index contributed by atoms with van der Waals surface area (Å²) in [6.07, 6.45) is -1.61. The van der Waals surface area contributed by atoms with Crippen LogP contribution in [0.5, 0.6) is 0 Å². The Bertz CT molecular complexity index is 579. The summed E-state index contributed by atoms with van der Waals surface area (Å²) in [4.78, 5) is 27.2. The van der Waals surface area contributed by atoms with Crippen LogP contribution in [0, 0.1) is 0 Å². The lowest BCUT2D eigenvalue weighted by Crippen LogP contribution is -2.36. The summed E-state index contributed by atoms with van der Waals surface area (Å²) in [5.74, 6) is -1.88. The third-order valence-electron chi connectivity index (χ3n) is 2.21. The number of rotatable bonds is 5. The summed E-state index contributed by atoms with van der Waals surface area (Å²) in [7, 11) is 0. The molecule has 0 aromatic carbocycles. The number of thiophene rings is 1. The van der Waals surface area contributed by atoms with Gasteiger partial charge in [-0.05, 0) is 11.4 Å². The smallest absolute Gasteiger partial charge is 0.334 e. The Morgan fingerprint density at radius 2 is 2.21 bits per heavy atom. The van der Waals surface area contributed by atoms with Crippen molar-refractivity contribution in [3.63, 3.8) is 0 Å². The molecule has 19 heavy (non-hydrogen) atoms. The molecule has 0 aliphatic rings. The third-order valence-corrected chi connectivity index (χ3v) is 4.09. The number of aliphatic hydroxyl groups excluding tert-OH is 1. The Hall–Kier alpha value is -1.77. The summed E-state index contributed by atoms with van der Waals surface area (Å²) >= 11 is 2.86. The Morgan fingerprint density at radius 1 is 1.42 bits per heavy atom. The molecule has 8 heteroatoms. The third kappa shape index (κ3) is 3.37. The number of aliphatic hydroxyl groups is 1. The molecule has 0 spiro atoms. The largest absolute Gasteiger partial charge is 0.479 e. The average Bonchev–Trinajstić information content (AvgIpc) is 3.04. The molecule has 0 radical (unpaired) electrons. The molecular weight excluding hydrogens is 288 g/mol. The van der Waals surface area contributed by atoms with Crippen LogP contribution in [-0.4, -0.2) is 39.7 Å². The van der Waals surface area contributed by atoms with Crippen LogP contribution >= 0.6 is 22.7 Å². The molecular formula is C11H10N2O4S2. The lowest BCUT2D eigenvalue weighted by atomic mass is 10.3. The predicted molar refractivity (Wildman–Crippen MR) is 71.4 cm³/mol. The van der Waals surface area contributed by atoms with E-state index in [0.717, 1.165) is 9.88 Å². The molecule has 0 fully saturated rings. The van der Waals surface area contributed by atoms with E-state index in [4.69, 9.17) is 10.2 Å². The zero-order valence-corrected chi connectivity index (χ0v) is 11.2. The van der Waals surface area contributed by atoms with Gasteiger partial charge in [-0.3, -0.25) is 4.79 Å². The van der Waals surface area contributed by atoms with Crippen molar-refractivity contribution in [3.05, 3.63) is 28.6 Å². The second-order valence-electron chi connectivity index (χ2n) is 3.58. The highest BCUT2D eigenvalue weighted by molar-refractivity contribution is 7.20. The van der Waals surface area contributed by atoms with E-state index in [1.807, 2.05) is 17.5 Å². The number of nitrogens with zero attached hydrogens (tertiary/aromatic N) is 1. The van der Waals surface area contributed by atoms with Crippen LogP contribution in [0.15, 0.2) is 22.9 Å². The molecule has 2 rings (SSSR count). The van der Waals surface area contributed by atoms with E-state index in [0.29, 0.717) is 0 Å². The Balaban J connectivity index is 1.99. The van der Waals surface area contributed by atoms with E-state index in [9.17, 15) is 9.59 Å². The molecule has 0 aliphatic carbocycles. The molecule has 2 aromatic rings. The standard InChI is InChI=1S/C11H10N2O4S2/c14-7(11(16)17)4-12-9(15)6-5-19-10(13-6)8-2-1-3-18-8/h1-3,5,7,14H,4H2,(H,12,15)(H,16,17). The summed E-state index contributed by atoms with van der Waals surface area (Å²) in [5.41, 5.74) is 0.214. The number of aliphatic carboxylic acids is 1. The van der Waals surface area contributed by atoms with Crippen molar-refractivity contribution in [1.82, 2.24) is 10.3 Å². The van der Waals surface area contributed by atoms with Gasteiger partial charge in [0.1, 0.15) is 10.7 Å². The first-order chi connectivity index (χ1) is 9.08. The Morgan fingerprint density at radius 3 is 2.84 bits per heavy atom. The molecule has 100 valence electrons. The van der Waals surface area contributed by atoms with Gasteiger partial charge in [-0.15, -0.1) is 22.7 Å². The first kappa shape index (κ1) is 13.7. The summed E-state index contributed by atoms with van der Waals surface area (Å²) in [6.45, 7) is -0.347. The zero-order valence-electron chi connectivity index (χ0n) is 9.57. The van der Waals surface area contributed by atoms with Crippen molar-refractivity contribution in [2.24, 2.45) is 0 Å². The molecule has 0 aliphatic heterocycles. The Kier molecular flexibility index (Phi) is 4.25. The van der Waals surface area contributed by atoms with Crippen molar-refractivity contribution >= 4 is 34.6 Å². The van der Waals surface area contributed by atoms with Crippen molar-refractivity contribution in [2.45, 2.75) is 6.10 Å². The normalized spacial score (nSPS) is 12.1. The fraction of sp³-hybridized carbons (Fsp3) is 0.182. The molecule has 0 bridgehead atoms. The van der Waals surface area contributed by atoms with Gasteiger partial charge in [0.15, 0.2) is 6.10 Å². The minimum Gasteiger partial charge on any atom is -0.479 e. The maximum atomic E-state index is 11.7. The van der Waals surface area contributed by atoms with E-state index in [-0.39, 0.29) is 12.2 Å². The van der Waals surface area contributed by atoms with Crippen LogP contribution in [0.2, 0.25) is 0 Å². The predicted octanol–water partition coefficient (Wildman–Crippen LogP) is 1.05. The monoisotopic (exact) mass is 298 g/mol. The summed E-state index contributed by atoms with van der Waals surface area (Å²) < 4.78 is 0. The van der Waals surface area contributed by atoms with E-state index in [1.54, 1.807) is 5.38 Å². The van der Waals surface area contributed by atoms with E-state index in [2.05, 4.69) is 10.3 Å².